The van der Waals surface area contributed by atoms with Gasteiger partial charge in [0, 0.05) is 31.6 Å². The minimum Gasteiger partial charge on any atom is -0.379 e. The van der Waals surface area contributed by atoms with Crippen LogP contribution in [0.2, 0.25) is 0 Å². The molecule has 2 aliphatic heterocycles. The van der Waals surface area contributed by atoms with E-state index < -0.39 is 0 Å². The number of rotatable bonds is 4. The van der Waals surface area contributed by atoms with Crippen LogP contribution in [0, 0.1) is 5.92 Å². The zero-order valence-electron chi connectivity index (χ0n) is 13.4. The molecule has 2 atom stereocenters. The summed E-state index contributed by atoms with van der Waals surface area (Å²) in [6.45, 7) is 1.80. The minimum atomic E-state index is -0.140. The van der Waals surface area contributed by atoms with E-state index in [-0.39, 0.29) is 17.9 Å². The van der Waals surface area contributed by atoms with Gasteiger partial charge in [-0.1, -0.05) is 30.3 Å². The predicted molar refractivity (Wildman–Crippen MR) is 85.7 cm³/mol. The fourth-order valence-electron chi connectivity index (χ4n) is 3.17. The second-order valence-electron chi connectivity index (χ2n) is 6.22. The molecular weight excluding hydrogens is 308 g/mol. The third-order valence-corrected chi connectivity index (χ3v) is 4.56. The fraction of sp³-hybridized carbons (Fsp3) is 0.471. The standard InChI is InChI=1S/C17H20N4O3/c22-17(20-24-14-8-9-23-11-14)13-6-7-15-18-19-16(21(15)10-13)12-4-2-1-3-5-12/h1-5,13-14H,6-11H2,(H,20,22). The summed E-state index contributed by atoms with van der Waals surface area (Å²) in [5, 5.41) is 8.57. The van der Waals surface area contributed by atoms with Crippen LogP contribution in [-0.4, -0.2) is 40.0 Å². The van der Waals surface area contributed by atoms with Crippen LogP contribution in [0.25, 0.3) is 11.4 Å². The number of carbonyl (C=O) groups excluding carboxylic acids is 1. The first-order valence-electron chi connectivity index (χ1n) is 8.32. The molecule has 126 valence electrons. The number of fused-ring (bicyclic) bond motifs is 1. The third kappa shape index (κ3) is 3.05. The van der Waals surface area contributed by atoms with Gasteiger partial charge in [0.15, 0.2) is 5.82 Å². The summed E-state index contributed by atoms with van der Waals surface area (Å²) in [4.78, 5) is 17.8. The molecule has 2 unspecified atom stereocenters. The van der Waals surface area contributed by atoms with Gasteiger partial charge >= 0.3 is 0 Å². The van der Waals surface area contributed by atoms with Crippen molar-refractivity contribution in [1.29, 1.82) is 0 Å². The van der Waals surface area contributed by atoms with E-state index in [4.69, 9.17) is 9.57 Å². The lowest BCUT2D eigenvalue weighted by atomic mass is 9.98. The highest BCUT2D eigenvalue weighted by Gasteiger charge is 2.29. The van der Waals surface area contributed by atoms with E-state index in [1.807, 2.05) is 34.9 Å². The van der Waals surface area contributed by atoms with Crippen LogP contribution >= 0.6 is 0 Å². The normalized spacial score (nSPS) is 23.0. The topological polar surface area (TPSA) is 78.3 Å². The Morgan fingerprint density at radius 3 is 2.92 bits per heavy atom. The van der Waals surface area contributed by atoms with Crippen molar-refractivity contribution in [2.24, 2.45) is 5.92 Å². The number of hydroxylamine groups is 1. The summed E-state index contributed by atoms with van der Waals surface area (Å²) >= 11 is 0. The summed E-state index contributed by atoms with van der Waals surface area (Å²) in [5.74, 6) is 1.52. The molecule has 1 aromatic carbocycles. The summed E-state index contributed by atoms with van der Waals surface area (Å²) in [5.41, 5.74) is 3.61. The molecule has 1 fully saturated rings. The summed E-state index contributed by atoms with van der Waals surface area (Å²) in [6, 6.07) is 9.93. The Kier molecular flexibility index (Phi) is 4.27. The van der Waals surface area contributed by atoms with Crippen LogP contribution in [0.5, 0.6) is 0 Å². The average Bonchev–Trinajstić information content (AvgIpc) is 3.29. The highest BCUT2D eigenvalue weighted by Crippen LogP contribution is 2.25. The van der Waals surface area contributed by atoms with Crippen LogP contribution in [0.4, 0.5) is 0 Å². The second-order valence-corrected chi connectivity index (χ2v) is 6.22. The third-order valence-electron chi connectivity index (χ3n) is 4.56. The van der Waals surface area contributed by atoms with Crippen LogP contribution in [0.15, 0.2) is 30.3 Å². The Labute approximate surface area is 139 Å². The lowest BCUT2D eigenvalue weighted by Gasteiger charge is -2.24. The Morgan fingerprint density at radius 2 is 2.12 bits per heavy atom. The molecule has 7 nitrogen and oxygen atoms in total. The Bertz CT molecular complexity index is 710. The summed E-state index contributed by atoms with van der Waals surface area (Å²) in [7, 11) is 0. The van der Waals surface area contributed by atoms with Crippen LogP contribution in [0.1, 0.15) is 18.7 Å². The maximum atomic E-state index is 12.4. The number of aromatic nitrogens is 3. The molecule has 0 spiro atoms. The fourth-order valence-corrected chi connectivity index (χ4v) is 3.17. The van der Waals surface area contributed by atoms with Gasteiger partial charge < -0.3 is 9.30 Å². The Morgan fingerprint density at radius 1 is 1.25 bits per heavy atom. The lowest BCUT2D eigenvalue weighted by Crippen LogP contribution is -2.38. The molecule has 7 heteroatoms. The summed E-state index contributed by atoms with van der Waals surface area (Å²) in [6.07, 6.45) is 2.27. The first-order valence-corrected chi connectivity index (χ1v) is 8.32. The monoisotopic (exact) mass is 328 g/mol. The van der Waals surface area contributed by atoms with Crippen molar-refractivity contribution in [3.05, 3.63) is 36.2 Å². The molecule has 1 amide bonds. The number of hydrogen-bond donors (Lipinski definition) is 1. The SMILES string of the molecule is O=C(NOC1CCOC1)C1CCc2nnc(-c3ccccc3)n2C1. The molecule has 0 radical (unpaired) electrons. The molecule has 1 saturated heterocycles. The van der Waals surface area contributed by atoms with Gasteiger partial charge in [0.05, 0.1) is 12.5 Å². The molecule has 0 aliphatic carbocycles. The van der Waals surface area contributed by atoms with Crippen molar-refractivity contribution in [2.45, 2.75) is 31.9 Å². The minimum absolute atomic E-state index is 0.0390. The number of nitrogens with zero attached hydrogens (tertiary/aromatic N) is 3. The van der Waals surface area contributed by atoms with E-state index >= 15 is 0 Å². The number of nitrogens with one attached hydrogen (secondary N) is 1. The van der Waals surface area contributed by atoms with Crippen molar-refractivity contribution < 1.29 is 14.4 Å². The van der Waals surface area contributed by atoms with Gasteiger partial charge in [-0.05, 0) is 6.42 Å². The van der Waals surface area contributed by atoms with E-state index in [0.29, 0.717) is 19.8 Å². The van der Waals surface area contributed by atoms with Crippen molar-refractivity contribution in [1.82, 2.24) is 20.2 Å². The highest BCUT2D eigenvalue weighted by molar-refractivity contribution is 5.77. The average molecular weight is 328 g/mol. The van der Waals surface area contributed by atoms with Gasteiger partial charge in [-0.25, -0.2) is 5.48 Å². The van der Waals surface area contributed by atoms with Gasteiger partial charge in [-0.3, -0.25) is 9.63 Å². The molecule has 2 aliphatic rings. The van der Waals surface area contributed by atoms with Gasteiger partial charge in [0.1, 0.15) is 11.9 Å². The molecule has 1 aromatic heterocycles. The Hall–Kier alpha value is -2.25. The number of amides is 1. The maximum Gasteiger partial charge on any atom is 0.248 e. The molecule has 0 saturated carbocycles. The first kappa shape index (κ1) is 15.3. The predicted octanol–water partition coefficient (Wildman–Crippen LogP) is 1.34. The maximum absolute atomic E-state index is 12.4. The van der Waals surface area contributed by atoms with Crippen LogP contribution < -0.4 is 5.48 Å². The number of benzene rings is 1. The Balaban J connectivity index is 1.45. The van der Waals surface area contributed by atoms with Crippen LogP contribution in [-0.2, 0) is 27.3 Å². The van der Waals surface area contributed by atoms with Gasteiger partial charge in [0.25, 0.3) is 0 Å². The van der Waals surface area contributed by atoms with Crippen molar-refractivity contribution in [2.75, 3.05) is 13.2 Å². The van der Waals surface area contributed by atoms with Gasteiger partial charge in [0.2, 0.25) is 5.91 Å². The molecule has 0 bridgehead atoms. The molecule has 24 heavy (non-hydrogen) atoms. The molecule has 1 N–H and O–H groups in total. The zero-order valence-corrected chi connectivity index (χ0v) is 13.4. The molecule has 2 aromatic rings. The van der Waals surface area contributed by atoms with E-state index in [1.54, 1.807) is 0 Å². The zero-order chi connectivity index (χ0) is 16.4. The van der Waals surface area contributed by atoms with E-state index in [9.17, 15) is 4.79 Å². The summed E-state index contributed by atoms with van der Waals surface area (Å²) < 4.78 is 7.28. The van der Waals surface area contributed by atoms with Gasteiger partial charge in [-0.2, -0.15) is 0 Å². The van der Waals surface area contributed by atoms with Crippen molar-refractivity contribution in [3.8, 4) is 11.4 Å². The molecule has 4 rings (SSSR count). The van der Waals surface area contributed by atoms with Crippen molar-refractivity contribution in [3.63, 3.8) is 0 Å². The second kappa shape index (κ2) is 6.70. The smallest absolute Gasteiger partial charge is 0.248 e. The lowest BCUT2D eigenvalue weighted by molar-refractivity contribution is -0.143. The highest BCUT2D eigenvalue weighted by atomic mass is 16.7. The van der Waals surface area contributed by atoms with Crippen molar-refractivity contribution >= 4 is 5.91 Å². The number of hydrogen-bond acceptors (Lipinski definition) is 5. The largest absolute Gasteiger partial charge is 0.379 e. The van der Waals surface area contributed by atoms with E-state index in [1.165, 1.54) is 0 Å². The number of carbonyl (C=O) groups is 1. The quantitative estimate of drug-likeness (QED) is 0.857. The van der Waals surface area contributed by atoms with E-state index in [0.717, 1.165) is 36.5 Å². The number of ether oxygens (including phenoxy) is 1. The van der Waals surface area contributed by atoms with Gasteiger partial charge in [-0.15, -0.1) is 10.2 Å². The number of aryl methyl sites for hydroxylation is 1. The molecular formula is C17H20N4O3. The van der Waals surface area contributed by atoms with E-state index in [2.05, 4.69) is 15.7 Å². The molecule has 3 heterocycles. The first-order chi connectivity index (χ1) is 11.8. The van der Waals surface area contributed by atoms with Crippen LogP contribution in [0.3, 0.4) is 0 Å².